The number of halogens is 4. The Morgan fingerprint density at radius 1 is 1.19 bits per heavy atom. The van der Waals surface area contributed by atoms with Crippen molar-refractivity contribution in [3.05, 3.63) is 46.8 Å². The Labute approximate surface area is 148 Å². The zero-order chi connectivity index (χ0) is 19.6. The van der Waals surface area contributed by atoms with Gasteiger partial charge in [-0.05, 0) is 41.8 Å². The molecule has 0 amide bonds. The summed E-state index contributed by atoms with van der Waals surface area (Å²) in [5.74, 6) is -1.51. The lowest BCUT2D eigenvalue weighted by molar-refractivity contribution is -0.274. The number of alkyl halides is 3. The zero-order valence-corrected chi connectivity index (χ0v) is 14.4. The van der Waals surface area contributed by atoms with E-state index in [0.29, 0.717) is 34.0 Å². The number of nitrogens with zero attached hydrogens (tertiary/aromatic N) is 2. The number of nitriles is 1. The summed E-state index contributed by atoms with van der Waals surface area (Å²) in [4.78, 5) is 1.72. The quantitative estimate of drug-likeness (QED) is 0.827. The molecule has 0 fully saturated rings. The zero-order valence-electron chi connectivity index (χ0n) is 14.4. The molecule has 0 atom stereocenters. The van der Waals surface area contributed by atoms with E-state index in [-0.39, 0.29) is 12.1 Å². The van der Waals surface area contributed by atoms with Crippen LogP contribution in [0.3, 0.4) is 0 Å². The second-order valence-corrected chi connectivity index (χ2v) is 5.83. The van der Waals surface area contributed by atoms with E-state index in [1.165, 1.54) is 6.07 Å². The summed E-state index contributed by atoms with van der Waals surface area (Å²) in [5.41, 5.74) is 8.37. The largest absolute Gasteiger partial charge is 0.573 e. The number of rotatable bonds is 4. The first-order chi connectivity index (χ1) is 12.1. The van der Waals surface area contributed by atoms with Crippen molar-refractivity contribution < 1.29 is 22.3 Å². The molecule has 26 heavy (non-hydrogen) atoms. The van der Waals surface area contributed by atoms with Gasteiger partial charge in [-0.15, -0.1) is 13.2 Å². The van der Waals surface area contributed by atoms with Crippen LogP contribution < -0.4 is 15.4 Å². The van der Waals surface area contributed by atoms with Crippen LogP contribution >= 0.6 is 0 Å². The number of hydrogen-bond acceptors (Lipinski definition) is 4. The van der Waals surface area contributed by atoms with E-state index in [1.54, 1.807) is 32.0 Å². The third-order valence-electron chi connectivity index (χ3n) is 3.88. The highest BCUT2D eigenvalue weighted by atomic mass is 19.4. The maximum absolute atomic E-state index is 14.5. The van der Waals surface area contributed by atoms with Gasteiger partial charge in [-0.3, -0.25) is 0 Å². The van der Waals surface area contributed by atoms with Crippen molar-refractivity contribution in [3.8, 4) is 22.9 Å². The molecule has 0 aliphatic rings. The van der Waals surface area contributed by atoms with Crippen LogP contribution in [0, 0.1) is 24.1 Å². The van der Waals surface area contributed by atoms with Crippen LogP contribution in [-0.2, 0) is 6.54 Å². The van der Waals surface area contributed by atoms with Crippen LogP contribution in [0.4, 0.5) is 23.2 Å². The highest BCUT2D eigenvalue weighted by Gasteiger charge is 2.31. The predicted molar refractivity (Wildman–Crippen MR) is 90.2 cm³/mol. The van der Waals surface area contributed by atoms with Crippen LogP contribution in [0.5, 0.6) is 5.75 Å². The summed E-state index contributed by atoms with van der Waals surface area (Å²) in [7, 11) is 3.48. The van der Waals surface area contributed by atoms with Crippen molar-refractivity contribution in [1.82, 2.24) is 0 Å². The molecule has 2 N–H and O–H groups in total. The van der Waals surface area contributed by atoms with E-state index in [2.05, 4.69) is 10.8 Å². The summed E-state index contributed by atoms with van der Waals surface area (Å²) < 4.78 is 55.1. The van der Waals surface area contributed by atoms with Gasteiger partial charge in [0.25, 0.3) is 0 Å². The molecule has 0 aromatic heterocycles. The fourth-order valence-corrected chi connectivity index (χ4v) is 2.86. The third kappa shape index (κ3) is 3.89. The van der Waals surface area contributed by atoms with E-state index in [1.807, 2.05) is 0 Å². The Kier molecular flexibility index (Phi) is 5.42. The fraction of sp³-hybridized carbons (Fsp3) is 0.278. The van der Waals surface area contributed by atoms with Crippen LogP contribution in [0.25, 0.3) is 11.1 Å². The summed E-state index contributed by atoms with van der Waals surface area (Å²) in [6, 6.07) is 6.63. The minimum Gasteiger partial charge on any atom is -0.406 e. The smallest absolute Gasteiger partial charge is 0.406 e. The molecule has 0 saturated heterocycles. The standard InChI is InChI=1S/C18H17F4N3O/c1-10-14(6-11(8-23)15(9-24)17(10)25(2)3)13-5-4-12(7-16(13)19)26-18(20,21)22/h4-7H,8,23H2,1-3H3. The van der Waals surface area contributed by atoms with Crippen molar-refractivity contribution >= 4 is 5.69 Å². The van der Waals surface area contributed by atoms with Crippen molar-refractivity contribution in [2.24, 2.45) is 5.73 Å². The Hall–Kier alpha value is -2.79. The van der Waals surface area contributed by atoms with E-state index >= 15 is 0 Å². The molecule has 2 rings (SSSR count). The number of nitrogens with two attached hydrogens (primary N) is 1. The van der Waals surface area contributed by atoms with E-state index in [4.69, 9.17) is 5.73 Å². The molecule has 0 radical (unpaired) electrons. The minimum absolute atomic E-state index is 0.0634. The molecule has 0 unspecified atom stereocenters. The number of benzene rings is 2. The second-order valence-electron chi connectivity index (χ2n) is 5.83. The van der Waals surface area contributed by atoms with Crippen LogP contribution in [-0.4, -0.2) is 20.5 Å². The number of hydrogen-bond donors (Lipinski definition) is 1. The van der Waals surface area contributed by atoms with Crippen LogP contribution in [0.15, 0.2) is 24.3 Å². The van der Waals surface area contributed by atoms with Gasteiger partial charge in [0.1, 0.15) is 17.6 Å². The average molecular weight is 367 g/mol. The van der Waals surface area contributed by atoms with Gasteiger partial charge in [0.2, 0.25) is 0 Å². The van der Waals surface area contributed by atoms with Crippen molar-refractivity contribution in [3.63, 3.8) is 0 Å². The Morgan fingerprint density at radius 3 is 2.31 bits per heavy atom. The lowest BCUT2D eigenvalue weighted by atomic mass is 9.92. The molecule has 0 spiro atoms. The molecular weight excluding hydrogens is 350 g/mol. The molecule has 0 heterocycles. The fourth-order valence-electron chi connectivity index (χ4n) is 2.86. The Bertz CT molecular complexity index is 870. The van der Waals surface area contributed by atoms with Gasteiger partial charge in [-0.2, -0.15) is 5.26 Å². The monoisotopic (exact) mass is 367 g/mol. The average Bonchev–Trinajstić information content (AvgIpc) is 2.53. The SMILES string of the molecule is Cc1c(-c2ccc(OC(F)(F)F)cc2F)cc(CN)c(C#N)c1N(C)C. The topological polar surface area (TPSA) is 62.3 Å². The summed E-state index contributed by atoms with van der Waals surface area (Å²) in [6.07, 6.45) is -4.90. The molecule has 8 heteroatoms. The van der Waals surface area contributed by atoms with Gasteiger partial charge in [0, 0.05) is 32.3 Å². The number of ether oxygens (including phenoxy) is 1. The molecule has 0 bridgehead atoms. The molecule has 138 valence electrons. The Balaban J connectivity index is 2.66. The van der Waals surface area contributed by atoms with Gasteiger partial charge in [0.05, 0.1) is 11.3 Å². The van der Waals surface area contributed by atoms with Crippen molar-refractivity contribution in [1.29, 1.82) is 5.26 Å². The first-order valence-electron chi connectivity index (χ1n) is 7.58. The maximum atomic E-state index is 14.5. The molecule has 0 aliphatic carbocycles. The Morgan fingerprint density at radius 2 is 1.85 bits per heavy atom. The highest BCUT2D eigenvalue weighted by molar-refractivity contribution is 5.80. The van der Waals surface area contributed by atoms with Gasteiger partial charge >= 0.3 is 6.36 Å². The summed E-state index contributed by atoms with van der Waals surface area (Å²) >= 11 is 0. The number of anilines is 1. The minimum atomic E-state index is -4.90. The molecular formula is C18H17F4N3O. The van der Waals surface area contributed by atoms with Crippen LogP contribution in [0.2, 0.25) is 0 Å². The molecule has 2 aromatic rings. The normalized spacial score (nSPS) is 11.2. The molecule has 4 nitrogen and oxygen atoms in total. The molecule has 0 aliphatic heterocycles. The summed E-state index contributed by atoms with van der Waals surface area (Å²) in [5, 5.41) is 9.43. The lowest BCUT2D eigenvalue weighted by Crippen LogP contribution is -2.17. The van der Waals surface area contributed by atoms with E-state index < -0.39 is 17.9 Å². The first kappa shape index (κ1) is 19.5. The lowest BCUT2D eigenvalue weighted by Gasteiger charge is -2.22. The van der Waals surface area contributed by atoms with E-state index in [9.17, 15) is 22.8 Å². The van der Waals surface area contributed by atoms with Gasteiger partial charge in [-0.25, -0.2) is 4.39 Å². The van der Waals surface area contributed by atoms with Gasteiger partial charge < -0.3 is 15.4 Å². The van der Waals surface area contributed by atoms with Crippen molar-refractivity contribution in [2.45, 2.75) is 19.8 Å². The van der Waals surface area contributed by atoms with Crippen molar-refractivity contribution in [2.75, 3.05) is 19.0 Å². The van der Waals surface area contributed by atoms with Gasteiger partial charge in [-0.1, -0.05) is 0 Å². The predicted octanol–water partition coefficient (Wildman–Crippen LogP) is 4.10. The van der Waals surface area contributed by atoms with E-state index in [0.717, 1.165) is 6.07 Å². The third-order valence-corrected chi connectivity index (χ3v) is 3.88. The van der Waals surface area contributed by atoms with Crippen LogP contribution in [0.1, 0.15) is 16.7 Å². The molecule has 0 saturated carbocycles. The summed E-state index contributed by atoms with van der Waals surface area (Å²) in [6.45, 7) is 1.78. The molecule has 2 aromatic carbocycles. The maximum Gasteiger partial charge on any atom is 0.573 e. The highest BCUT2D eigenvalue weighted by Crippen LogP contribution is 2.37. The first-order valence-corrected chi connectivity index (χ1v) is 7.58. The van der Waals surface area contributed by atoms with Gasteiger partial charge in [0.15, 0.2) is 0 Å². The second kappa shape index (κ2) is 7.22.